The molecule has 0 atom stereocenters. The third kappa shape index (κ3) is 3.96. The van der Waals surface area contributed by atoms with Gasteiger partial charge in [0.05, 0.1) is 22.9 Å². The van der Waals surface area contributed by atoms with Gasteiger partial charge in [-0.1, -0.05) is 12.1 Å². The van der Waals surface area contributed by atoms with Crippen LogP contribution in [0.5, 0.6) is 0 Å². The van der Waals surface area contributed by atoms with Crippen LogP contribution in [0.4, 0.5) is 24.5 Å². The summed E-state index contributed by atoms with van der Waals surface area (Å²) in [5.41, 5.74) is -1.50. The summed E-state index contributed by atoms with van der Waals surface area (Å²) in [6, 6.07) is 11.5. The highest BCUT2D eigenvalue weighted by Crippen LogP contribution is 2.39. The molecule has 6 nitrogen and oxygen atoms in total. The highest BCUT2D eigenvalue weighted by molar-refractivity contribution is 7.81. The minimum absolute atomic E-state index is 0.0200. The minimum atomic E-state index is -4.76. The molecule has 1 N–H and O–H groups in total. The van der Waals surface area contributed by atoms with Gasteiger partial charge in [-0.2, -0.15) is 18.4 Å². The number of amides is 2. The molecule has 0 radical (unpaired) electrons. The topological polar surface area (TPSA) is 76.4 Å². The number of thiocarbonyl (C=S) groups is 1. The van der Waals surface area contributed by atoms with E-state index in [4.69, 9.17) is 17.5 Å². The third-order valence-electron chi connectivity index (χ3n) is 4.94. The lowest BCUT2D eigenvalue weighted by Gasteiger charge is -2.29. The predicted octanol–water partition coefficient (Wildman–Crippen LogP) is 3.74. The molecule has 1 aliphatic rings. The fourth-order valence-electron chi connectivity index (χ4n) is 3.38. The lowest BCUT2D eigenvalue weighted by molar-refractivity contribution is -0.137. The first-order chi connectivity index (χ1) is 14.5. The molecule has 1 aliphatic heterocycles. The smallest absolute Gasteiger partial charge is 0.355 e. The zero-order valence-electron chi connectivity index (χ0n) is 16.5. The standard InChI is InChI=1S/C21H17F3N4O2S/c1-20(2)18(30)27(16-8-5-14(10-25)17(9-16)21(22,23)24)19(31)28(20)15-6-3-13(4-7-15)11-26-12-29/h3-9,12H,11H2,1-2H3,(H,26,29). The summed E-state index contributed by atoms with van der Waals surface area (Å²) < 4.78 is 40.2. The fourth-order valence-corrected chi connectivity index (χ4v) is 3.90. The average molecular weight is 446 g/mol. The number of halogens is 3. The lowest BCUT2D eigenvalue weighted by Crippen LogP contribution is -2.44. The van der Waals surface area contributed by atoms with Crippen LogP contribution in [0, 0.1) is 11.3 Å². The highest BCUT2D eigenvalue weighted by atomic mass is 32.1. The van der Waals surface area contributed by atoms with E-state index in [0.29, 0.717) is 18.6 Å². The summed E-state index contributed by atoms with van der Waals surface area (Å²) in [4.78, 5) is 26.2. The van der Waals surface area contributed by atoms with Crippen LogP contribution in [-0.2, 0) is 22.3 Å². The first-order valence-electron chi connectivity index (χ1n) is 9.08. The first-order valence-corrected chi connectivity index (χ1v) is 9.49. The van der Waals surface area contributed by atoms with Crippen LogP contribution >= 0.6 is 12.2 Å². The maximum Gasteiger partial charge on any atom is 0.417 e. The van der Waals surface area contributed by atoms with Crippen molar-refractivity contribution in [2.75, 3.05) is 9.80 Å². The Kier molecular flexibility index (Phi) is 5.74. The van der Waals surface area contributed by atoms with Gasteiger partial charge in [-0.3, -0.25) is 14.5 Å². The van der Waals surface area contributed by atoms with Crippen LogP contribution in [0.3, 0.4) is 0 Å². The molecule has 0 unspecified atom stereocenters. The number of rotatable bonds is 5. The van der Waals surface area contributed by atoms with E-state index in [1.807, 2.05) is 0 Å². The van der Waals surface area contributed by atoms with E-state index in [9.17, 15) is 22.8 Å². The van der Waals surface area contributed by atoms with Gasteiger partial charge in [0.2, 0.25) is 6.41 Å². The van der Waals surface area contributed by atoms with Crippen molar-refractivity contribution in [2.45, 2.75) is 32.1 Å². The van der Waals surface area contributed by atoms with Gasteiger partial charge in [0.15, 0.2) is 5.11 Å². The Morgan fingerprint density at radius 1 is 1.16 bits per heavy atom. The molecule has 0 aliphatic carbocycles. The van der Waals surface area contributed by atoms with E-state index >= 15 is 0 Å². The Bertz CT molecular complexity index is 1090. The Hall–Kier alpha value is -3.45. The SMILES string of the molecule is CC1(C)C(=O)N(c2ccc(C#N)c(C(F)(F)F)c2)C(=S)N1c1ccc(CNC=O)cc1. The molecule has 2 amide bonds. The second kappa shape index (κ2) is 8.00. The molecule has 0 saturated carbocycles. The Morgan fingerprint density at radius 3 is 2.32 bits per heavy atom. The zero-order chi connectivity index (χ0) is 23.0. The maximum absolute atomic E-state index is 13.4. The van der Waals surface area contributed by atoms with Crippen molar-refractivity contribution in [2.24, 2.45) is 0 Å². The summed E-state index contributed by atoms with van der Waals surface area (Å²) in [6.07, 6.45) is -4.18. The average Bonchev–Trinajstić information content (AvgIpc) is 2.90. The van der Waals surface area contributed by atoms with E-state index in [1.54, 1.807) is 43.0 Å². The van der Waals surface area contributed by atoms with Crippen LogP contribution in [0.25, 0.3) is 0 Å². The van der Waals surface area contributed by atoms with Crippen molar-refractivity contribution in [3.05, 3.63) is 59.2 Å². The minimum Gasteiger partial charge on any atom is -0.355 e. The number of anilines is 2. The van der Waals surface area contributed by atoms with Crippen LogP contribution in [-0.4, -0.2) is 23.0 Å². The number of carbonyl (C=O) groups is 2. The summed E-state index contributed by atoms with van der Waals surface area (Å²) in [5.74, 6) is -0.498. The number of carbonyl (C=O) groups excluding carboxylic acids is 2. The highest BCUT2D eigenvalue weighted by Gasteiger charge is 2.50. The summed E-state index contributed by atoms with van der Waals surface area (Å²) in [7, 11) is 0. The molecular formula is C21H17F3N4O2S. The lowest BCUT2D eigenvalue weighted by atomic mass is 10.0. The summed E-state index contributed by atoms with van der Waals surface area (Å²) in [5, 5.41) is 11.6. The number of hydrogen-bond donors (Lipinski definition) is 1. The molecule has 31 heavy (non-hydrogen) atoms. The van der Waals surface area contributed by atoms with Crippen LogP contribution in [0.15, 0.2) is 42.5 Å². The van der Waals surface area contributed by atoms with Gasteiger partial charge in [0.1, 0.15) is 5.54 Å². The van der Waals surface area contributed by atoms with Crippen molar-refractivity contribution >= 4 is 41.0 Å². The largest absolute Gasteiger partial charge is 0.417 e. The fraction of sp³-hybridized carbons (Fsp3) is 0.238. The Labute approximate surface area is 181 Å². The van der Waals surface area contributed by atoms with E-state index in [-0.39, 0.29) is 10.8 Å². The van der Waals surface area contributed by atoms with E-state index in [1.165, 1.54) is 12.1 Å². The van der Waals surface area contributed by atoms with Gasteiger partial charge in [0, 0.05) is 12.2 Å². The molecule has 0 aromatic heterocycles. The predicted molar refractivity (Wildman–Crippen MR) is 112 cm³/mol. The Balaban J connectivity index is 2.02. The number of nitrogens with zero attached hydrogens (tertiary/aromatic N) is 3. The molecule has 0 bridgehead atoms. The van der Waals surface area contributed by atoms with Crippen LogP contribution in [0.1, 0.15) is 30.5 Å². The molecule has 0 spiro atoms. The molecule has 10 heteroatoms. The molecule has 2 aromatic carbocycles. The molecular weight excluding hydrogens is 429 g/mol. The third-order valence-corrected chi connectivity index (χ3v) is 5.30. The number of nitrogens with one attached hydrogen (secondary N) is 1. The van der Waals surface area contributed by atoms with Gasteiger partial charge in [-0.15, -0.1) is 0 Å². The first kappa shape index (κ1) is 22.2. The van der Waals surface area contributed by atoms with Crippen molar-refractivity contribution in [3.63, 3.8) is 0 Å². The van der Waals surface area contributed by atoms with Gasteiger partial charge < -0.3 is 10.2 Å². The van der Waals surface area contributed by atoms with E-state index < -0.39 is 28.7 Å². The normalized spacial score (nSPS) is 15.7. The summed E-state index contributed by atoms with van der Waals surface area (Å²) in [6.45, 7) is 3.57. The van der Waals surface area contributed by atoms with Crippen molar-refractivity contribution < 1.29 is 22.8 Å². The molecule has 2 aromatic rings. The van der Waals surface area contributed by atoms with Crippen molar-refractivity contribution in [1.29, 1.82) is 5.26 Å². The molecule has 1 heterocycles. The molecule has 1 saturated heterocycles. The van der Waals surface area contributed by atoms with Crippen molar-refractivity contribution in [3.8, 4) is 6.07 Å². The second-order valence-corrected chi connectivity index (χ2v) is 7.69. The van der Waals surface area contributed by atoms with Crippen LogP contribution in [0.2, 0.25) is 0 Å². The monoisotopic (exact) mass is 446 g/mol. The van der Waals surface area contributed by atoms with Crippen molar-refractivity contribution in [1.82, 2.24) is 5.32 Å². The number of nitriles is 1. The molecule has 3 rings (SSSR count). The Morgan fingerprint density at radius 2 is 1.77 bits per heavy atom. The number of alkyl halides is 3. The van der Waals surface area contributed by atoms with Gasteiger partial charge in [-0.05, 0) is 62.0 Å². The van der Waals surface area contributed by atoms with E-state index in [2.05, 4.69) is 5.32 Å². The molecule has 1 fully saturated rings. The van der Waals surface area contributed by atoms with Crippen LogP contribution < -0.4 is 15.1 Å². The molecule has 160 valence electrons. The van der Waals surface area contributed by atoms with Gasteiger partial charge >= 0.3 is 6.18 Å². The summed E-state index contributed by atoms with van der Waals surface area (Å²) >= 11 is 5.48. The quantitative estimate of drug-likeness (QED) is 0.559. The number of benzene rings is 2. The number of hydrogen-bond acceptors (Lipinski definition) is 4. The maximum atomic E-state index is 13.4. The zero-order valence-corrected chi connectivity index (χ0v) is 17.3. The second-order valence-electron chi connectivity index (χ2n) is 7.32. The van der Waals surface area contributed by atoms with Gasteiger partial charge in [-0.25, -0.2) is 0 Å². The van der Waals surface area contributed by atoms with E-state index in [0.717, 1.165) is 22.6 Å². The van der Waals surface area contributed by atoms with Gasteiger partial charge in [0.25, 0.3) is 5.91 Å².